The highest BCUT2D eigenvalue weighted by atomic mass is 32.2. The standard InChI is InChI=1S/C18H18N2O7S/c1-25-10-4-6-11(7-5-10)28(23,24)20-16-12-8-14(26-2)15(27-3)9-13(12)19-17(16)18(21)22/h4-9,19-20H,1-3H3,(H,21,22). The van der Waals surface area contributed by atoms with Crippen molar-refractivity contribution < 1.29 is 32.5 Å². The summed E-state index contributed by atoms with van der Waals surface area (Å²) in [4.78, 5) is 14.3. The third-order valence-electron chi connectivity index (χ3n) is 4.12. The van der Waals surface area contributed by atoms with Gasteiger partial charge in [0.2, 0.25) is 0 Å². The number of ether oxygens (including phenoxy) is 3. The van der Waals surface area contributed by atoms with Gasteiger partial charge in [-0.15, -0.1) is 0 Å². The Kier molecular flexibility index (Phi) is 5.06. The van der Waals surface area contributed by atoms with E-state index >= 15 is 0 Å². The Morgan fingerprint density at radius 1 is 1.00 bits per heavy atom. The van der Waals surface area contributed by atoms with Gasteiger partial charge in [0.1, 0.15) is 11.4 Å². The van der Waals surface area contributed by atoms with Crippen LogP contribution in [0.1, 0.15) is 10.5 Å². The summed E-state index contributed by atoms with van der Waals surface area (Å²) in [6.07, 6.45) is 0. The van der Waals surface area contributed by atoms with Gasteiger partial charge in [-0.05, 0) is 30.3 Å². The molecule has 0 fully saturated rings. The molecule has 10 heteroatoms. The molecule has 1 heterocycles. The summed E-state index contributed by atoms with van der Waals surface area (Å²) in [6, 6.07) is 8.75. The molecular formula is C18H18N2O7S. The average Bonchev–Trinajstić information content (AvgIpc) is 3.03. The molecule has 0 aliphatic carbocycles. The van der Waals surface area contributed by atoms with Crippen molar-refractivity contribution in [1.82, 2.24) is 4.98 Å². The van der Waals surface area contributed by atoms with Gasteiger partial charge in [0.05, 0.1) is 37.4 Å². The zero-order chi connectivity index (χ0) is 20.5. The molecule has 3 N–H and O–H groups in total. The lowest BCUT2D eigenvalue weighted by molar-refractivity contribution is 0.0692. The molecule has 2 aromatic carbocycles. The van der Waals surface area contributed by atoms with Crippen LogP contribution in [-0.4, -0.2) is 45.8 Å². The van der Waals surface area contributed by atoms with Crippen LogP contribution in [0.2, 0.25) is 0 Å². The SMILES string of the molecule is COc1ccc(S(=O)(=O)Nc2c(C(=O)O)[nH]c3cc(OC)c(OC)cc23)cc1. The van der Waals surface area contributed by atoms with Crippen molar-refractivity contribution in [1.29, 1.82) is 0 Å². The van der Waals surface area contributed by atoms with E-state index < -0.39 is 16.0 Å². The molecule has 0 spiro atoms. The molecule has 28 heavy (non-hydrogen) atoms. The second kappa shape index (κ2) is 7.31. The van der Waals surface area contributed by atoms with Crippen LogP contribution >= 0.6 is 0 Å². The van der Waals surface area contributed by atoms with Crippen LogP contribution in [0.5, 0.6) is 17.2 Å². The fourth-order valence-electron chi connectivity index (χ4n) is 2.74. The van der Waals surface area contributed by atoms with Crippen LogP contribution in [0.4, 0.5) is 5.69 Å². The third kappa shape index (κ3) is 3.41. The molecule has 0 atom stereocenters. The molecule has 9 nitrogen and oxygen atoms in total. The third-order valence-corrected chi connectivity index (χ3v) is 5.49. The van der Waals surface area contributed by atoms with Gasteiger partial charge in [0.15, 0.2) is 11.5 Å². The number of H-pyrrole nitrogens is 1. The van der Waals surface area contributed by atoms with E-state index in [9.17, 15) is 18.3 Å². The Labute approximate surface area is 160 Å². The van der Waals surface area contributed by atoms with Gasteiger partial charge in [-0.1, -0.05) is 0 Å². The predicted octanol–water partition coefficient (Wildman–Crippen LogP) is 2.69. The van der Waals surface area contributed by atoms with Crippen molar-refractivity contribution in [3.63, 3.8) is 0 Å². The molecule has 0 aliphatic heterocycles. The van der Waals surface area contributed by atoms with E-state index in [-0.39, 0.29) is 16.3 Å². The summed E-state index contributed by atoms with van der Waals surface area (Å²) < 4.78 is 43.4. The fraction of sp³-hybridized carbons (Fsp3) is 0.167. The van der Waals surface area contributed by atoms with Crippen molar-refractivity contribution in [3.8, 4) is 17.2 Å². The van der Waals surface area contributed by atoms with Crippen molar-refractivity contribution in [2.75, 3.05) is 26.1 Å². The Balaban J connectivity index is 2.14. The normalized spacial score (nSPS) is 11.2. The number of methoxy groups -OCH3 is 3. The van der Waals surface area contributed by atoms with E-state index in [0.717, 1.165) is 0 Å². The van der Waals surface area contributed by atoms with Crippen molar-refractivity contribution in [2.45, 2.75) is 4.90 Å². The Bertz CT molecular complexity index is 1130. The molecule has 3 aromatic rings. The maximum Gasteiger partial charge on any atom is 0.354 e. The van der Waals surface area contributed by atoms with Gasteiger partial charge in [0.25, 0.3) is 10.0 Å². The number of carboxylic acid groups (broad SMARTS) is 1. The maximum atomic E-state index is 12.8. The smallest absolute Gasteiger partial charge is 0.354 e. The minimum Gasteiger partial charge on any atom is -0.497 e. The second-order valence-electron chi connectivity index (χ2n) is 5.71. The fourth-order valence-corrected chi connectivity index (χ4v) is 3.83. The number of carboxylic acids is 1. The van der Waals surface area contributed by atoms with Gasteiger partial charge in [-0.3, -0.25) is 4.72 Å². The number of hydrogen-bond donors (Lipinski definition) is 3. The number of anilines is 1. The molecule has 0 bridgehead atoms. The van der Waals surface area contributed by atoms with E-state index in [1.54, 1.807) is 0 Å². The van der Waals surface area contributed by atoms with Gasteiger partial charge in [-0.2, -0.15) is 0 Å². The van der Waals surface area contributed by atoms with Crippen molar-refractivity contribution in [3.05, 3.63) is 42.1 Å². The minimum atomic E-state index is -4.05. The van der Waals surface area contributed by atoms with Crippen LogP contribution in [0.25, 0.3) is 10.9 Å². The maximum absolute atomic E-state index is 12.8. The van der Waals surface area contributed by atoms with Gasteiger partial charge >= 0.3 is 5.97 Å². The van der Waals surface area contributed by atoms with Crippen LogP contribution in [0.3, 0.4) is 0 Å². The molecule has 0 aliphatic rings. The number of rotatable bonds is 7. The minimum absolute atomic E-state index is 0.0422. The molecule has 0 saturated heterocycles. The van der Waals surface area contributed by atoms with Crippen LogP contribution in [-0.2, 0) is 10.0 Å². The Hall–Kier alpha value is -3.40. The first kappa shape index (κ1) is 19.4. The molecular weight excluding hydrogens is 388 g/mol. The lowest BCUT2D eigenvalue weighted by atomic mass is 10.2. The molecule has 1 aromatic heterocycles. The second-order valence-corrected chi connectivity index (χ2v) is 7.40. The molecule has 148 valence electrons. The number of aromatic amines is 1. The summed E-state index contributed by atoms with van der Waals surface area (Å²) in [5.41, 5.74) is -0.0239. The number of nitrogens with one attached hydrogen (secondary N) is 2. The highest BCUT2D eigenvalue weighted by Gasteiger charge is 2.24. The van der Waals surface area contributed by atoms with Gasteiger partial charge in [-0.25, -0.2) is 13.2 Å². The number of benzene rings is 2. The van der Waals surface area contributed by atoms with Crippen LogP contribution in [0.15, 0.2) is 41.3 Å². The van der Waals surface area contributed by atoms with E-state index in [1.807, 2.05) is 0 Å². The summed E-state index contributed by atoms with van der Waals surface area (Å²) >= 11 is 0. The number of sulfonamides is 1. The number of hydrogen-bond acceptors (Lipinski definition) is 6. The van der Waals surface area contributed by atoms with E-state index in [1.165, 1.54) is 57.7 Å². The summed E-state index contributed by atoms with van der Waals surface area (Å²) in [5, 5.41) is 9.84. The lowest BCUT2D eigenvalue weighted by Gasteiger charge is -2.10. The number of fused-ring (bicyclic) bond motifs is 1. The number of aromatic carboxylic acids is 1. The molecule has 0 amide bonds. The first-order valence-electron chi connectivity index (χ1n) is 7.98. The Morgan fingerprint density at radius 3 is 2.14 bits per heavy atom. The van der Waals surface area contributed by atoms with Crippen molar-refractivity contribution >= 4 is 32.6 Å². The molecule has 3 rings (SSSR count). The molecule has 0 unspecified atom stereocenters. The van der Waals surface area contributed by atoms with Gasteiger partial charge < -0.3 is 24.3 Å². The van der Waals surface area contributed by atoms with Crippen LogP contribution < -0.4 is 18.9 Å². The quantitative estimate of drug-likeness (QED) is 0.550. The van der Waals surface area contributed by atoms with E-state index in [0.29, 0.717) is 28.2 Å². The largest absolute Gasteiger partial charge is 0.497 e. The summed E-state index contributed by atoms with van der Waals surface area (Å²) in [5.74, 6) is -0.121. The number of aromatic nitrogens is 1. The lowest BCUT2D eigenvalue weighted by Crippen LogP contribution is -2.15. The van der Waals surface area contributed by atoms with E-state index in [4.69, 9.17) is 14.2 Å². The average molecular weight is 406 g/mol. The molecule has 0 radical (unpaired) electrons. The zero-order valence-corrected chi connectivity index (χ0v) is 16.1. The molecule has 0 saturated carbocycles. The summed E-state index contributed by atoms with van der Waals surface area (Å²) in [6.45, 7) is 0. The summed E-state index contributed by atoms with van der Waals surface area (Å²) in [7, 11) is 0.284. The first-order valence-corrected chi connectivity index (χ1v) is 9.47. The van der Waals surface area contributed by atoms with Crippen LogP contribution in [0, 0.1) is 0 Å². The number of carbonyl (C=O) groups is 1. The van der Waals surface area contributed by atoms with Crippen molar-refractivity contribution in [2.24, 2.45) is 0 Å². The Morgan fingerprint density at radius 2 is 1.61 bits per heavy atom. The van der Waals surface area contributed by atoms with Gasteiger partial charge in [0, 0.05) is 11.5 Å². The highest BCUT2D eigenvalue weighted by Crippen LogP contribution is 2.38. The van der Waals surface area contributed by atoms with E-state index in [2.05, 4.69) is 9.71 Å². The predicted molar refractivity (Wildman–Crippen MR) is 102 cm³/mol. The first-order chi connectivity index (χ1) is 13.3. The monoisotopic (exact) mass is 406 g/mol. The topological polar surface area (TPSA) is 127 Å². The zero-order valence-electron chi connectivity index (χ0n) is 15.3. The highest BCUT2D eigenvalue weighted by molar-refractivity contribution is 7.92.